The minimum Gasteiger partial charge on any atom is -0.507 e. The van der Waals surface area contributed by atoms with E-state index in [-0.39, 0.29) is 24.5 Å². The first-order valence-electron chi connectivity index (χ1n) is 9.06. The van der Waals surface area contributed by atoms with E-state index in [1.165, 1.54) is 12.0 Å². The van der Waals surface area contributed by atoms with E-state index in [2.05, 4.69) is 0 Å². The fourth-order valence-electron chi connectivity index (χ4n) is 3.47. The number of aryl methyl sites for hydroxylation is 1. The van der Waals surface area contributed by atoms with Crippen LogP contribution in [0.15, 0.2) is 48.0 Å². The third-order valence-electron chi connectivity index (χ3n) is 4.95. The van der Waals surface area contributed by atoms with Crippen molar-refractivity contribution in [3.8, 4) is 5.75 Å². The van der Waals surface area contributed by atoms with E-state index in [0.717, 1.165) is 5.56 Å². The quantitative estimate of drug-likeness (QED) is 0.442. The number of methoxy groups -OCH3 is 2. The second-order valence-electron chi connectivity index (χ2n) is 6.72. The highest BCUT2D eigenvalue weighted by Gasteiger charge is 2.45. The molecule has 1 fully saturated rings. The Morgan fingerprint density at radius 2 is 1.83 bits per heavy atom. The normalized spacial score (nSPS) is 18.3. The lowest BCUT2D eigenvalue weighted by Gasteiger charge is -2.25. The summed E-state index contributed by atoms with van der Waals surface area (Å²) in [6, 6.07) is 11.2. The van der Waals surface area contributed by atoms with Gasteiger partial charge in [0.25, 0.3) is 11.7 Å². The van der Waals surface area contributed by atoms with E-state index in [1.54, 1.807) is 56.5 Å². The van der Waals surface area contributed by atoms with Gasteiger partial charge < -0.3 is 19.5 Å². The summed E-state index contributed by atoms with van der Waals surface area (Å²) in [6.45, 7) is 2.28. The molecule has 6 nitrogen and oxygen atoms in total. The molecule has 0 spiro atoms. The van der Waals surface area contributed by atoms with E-state index in [1.807, 2.05) is 0 Å². The second-order valence-corrected chi connectivity index (χ2v) is 7.15. The average Bonchev–Trinajstić information content (AvgIpc) is 2.96. The van der Waals surface area contributed by atoms with E-state index < -0.39 is 17.7 Å². The fourth-order valence-corrected chi connectivity index (χ4v) is 3.59. The molecule has 1 aliphatic heterocycles. The van der Waals surface area contributed by atoms with Crippen molar-refractivity contribution in [2.45, 2.75) is 13.0 Å². The van der Waals surface area contributed by atoms with Gasteiger partial charge in [-0.1, -0.05) is 23.7 Å². The molecule has 2 aromatic carbocycles. The number of rotatable bonds is 6. The van der Waals surface area contributed by atoms with Crippen molar-refractivity contribution >= 4 is 29.1 Å². The lowest BCUT2D eigenvalue weighted by molar-refractivity contribution is -0.140. The van der Waals surface area contributed by atoms with Gasteiger partial charge in [-0.3, -0.25) is 9.59 Å². The summed E-state index contributed by atoms with van der Waals surface area (Å²) in [5, 5.41) is 11.6. The predicted octanol–water partition coefficient (Wildman–Crippen LogP) is 3.73. The summed E-state index contributed by atoms with van der Waals surface area (Å²) in [7, 11) is 3.07. The number of amides is 1. The van der Waals surface area contributed by atoms with Crippen LogP contribution in [0.2, 0.25) is 5.02 Å². The summed E-state index contributed by atoms with van der Waals surface area (Å²) in [5.74, 6) is -0.985. The van der Waals surface area contributed by atoms with E-state index in [4.69, 9.17) is 21.1 Å². The Balaban J connectivity index is 2.17. The highest BCUT2D eigenvalue weighted by Crippen LogP contribution is 2.40. The summed E-state index contributed by atoms with van der Waals surface area (Å²) in [5.41, 5.74) is 1.91. The zero-order valence-corrected chi connectivity index (χ0v) is 17.2. The van der Waals surface area contributed by atoms with Crippen LogP contribution < -0.4 is 4.74 Å². The Kier molecular flexibility index (Phi) is 6.25. The number of aliphatic hydroxyl groups excluding tert-OH is 1. The molecule has 1 heterocycles. The van der Waals surface area contributed by atoms with Gasteiger partial charge in [-0.15, -0.1) is 0 Å². The number of Topliss-reactive ketones (excluding diaryl/α,β-unsaturated/α-hetero) is 1. The predicted molar refractivity (Wildman–Crippen MR) is 110 cm³/mol. The number of likely N-dealkylation sites (tertiary alicyclic amines) is 1. The van der Waals surface area contributed by atoms with Crippen molar-refractivity contribution in [2.75, 3.05) is 27.4 Å². The molecular formula is C22H22ClNO5. The van der Waals surface area contributed by atoms with Crippen LogP contribution in [-0.2, 0) is 14.3 Å². The number of hydrogen-bond donors (Lipinski definition) is 1. The van der Waals surface area contributed by atoms with Crippen molar-refractivity contribution in [2.24, 2.45) is 0 Å². The molecule has 7 heteroatoms. The Bertz CT molecular complexity index is 968. The van der Waals surface area contributed by atoms with Crippen LogP contribution in [0.3, 0.4) is 0 Å². The van der Waals surface area contributed by atoms with E-state index in [0.29, 0.717) is 21.9 Å². The maximum Gasteiger partial charge on any atom is 0.295 e. The smallest absolute Gasteiger partial charge is 0.295 e. The Hall–Kier alpha value is -2.83. The van der Waals surface area contributed by atoms with Crippen molar-refractivity contribution < 1.29 is 24.2 Å². The number of hydrogen-bond acceptors (Lipinski definition) is 5. The lowest BCUT2D eigenvalue weighted by Crippen LogP contribution is -2.32. The summed E-state index contributed by atoms with van der Waals surface area (Å²) in [4.78, 5) is 27.0. The first kappa shape index (κ1) is 20.9. The van der Waals surface area contributed by atoms with Crippen LogP contribution in [0.4, 0.5) is 0 Å². The molecule has 1 amide bonds. The molecule has 1 aliphatic rings. The Morgan fingerprint density at radius 1 is 1.14 bits per heavy atom. The largest absolute Gasteiger partial charge is 0.507 e. The number of ketones is 1. The minimum absolute atomic E-state index is 0.0432. The SMILES string of the molecule is COCCN1C(=O)C(=O)/C(=C(/O)c2ccc(OC)cc2C)C1c1ccc(Cl)cc1. The van der Waals surface area contributed by atoms with E-state index >= 15 is 0 Å². The zero-order chi connectivity index (χ0) is 21.1. The van der Waals surface area contributed by atoms with Gasteiger partial charge in [0.1, 0.15) is 11.5 Å². The molecule has 2 aromatic rings. The van der Waals surface area contributed by atoms with Crippen molar-refractivity contribution in [3.63, 3.8) is 0 Å². The van der Waals surface area contributed by atoms with Gasteiger partial charge in [0, 0.05) is 24.2 Å². The van der Waals surface area contributed by atoms with Crippen LogP contribution >= 0.6 is 11.6 Å². The maximum absolute atomic E-state index is 12.9. The zero-order valence-electron chi connectivity index (χ0n) is 16.4. The molecule has 1 N–H and O–H groups in total. The summed E-state index contributed by atoms with van der Waals surface area (Å²) < 4.78 is 10.3. The molecule has 0 aliphatic carbocycles. The minimum atomic E-state index is -0.732. The molecule has 0 bridgehead atoms. The molecule has 0 radical (unpaired) electrons. The van der Waals surface area contributed by atoms with Gasteiger partial charge >= 0.3 is 0 Å². The monoisotopic (exact) mass is 415 g/mol. The van der Waals surface area contributed by atoms with Gasteiger partial charge in [-0.05, 0) is 48.4 Å². The third kappa shape index (κ3) is 3.99. The first-order valence-corrected chi connectivity index (χ1v) is 9.44. The molecule has 29 heavy (non-hydrogen) atoms. The molecule has 0 aromatic heterocycles. The van der Waals surface area contributed by atoms with Crippen LogP contribution in [0.1, 0.15) is 22.7 Å². The average molecular weight is 416 g/mol. The standard InChI is InChI=1S/C22H22ClNO5/c1-13-12-16(29-3)8-9-17(13)20(25)18-19(14-4-6-15(23)7-5-14)24(10-11-28-2)22(27)21(18)26/h4-9,12,19,25H,10-11H2,1-3H3/b20-18+. The number of nitrogens with zero attached hydrogens (tertiary/aromatic N) is 1. The number of carbonyl (C=O) groups excluding carboxylic acids is 2. The van der Waals surface area contributed by atoms with Gasteiger partial charge in [-0.25, -0.2) is 0 Å². The highest BCUT2D eigenvalue weighted by molar-refractivity contribution is 6.46. The number of benzene rings is 2. The number of aliphatic hydroxyl groups is 1. The second kappa shape index (κ2) is 8.68. The molecule has 1 unspecified atom stereocenters. The Morgan fingerprint density at radius 3 is 2.41 bits per heavy atom. The number of carbonyl (C=O) groups is 2. The van der Waals surface area contributed by atoms with Crippen molar-refractivity contribution in [3.05, 3.63) is 69.8 Å². The van der Waals surface area contributed by atoms with Crippen LogP contribution in [0.5, 0.6) is 5.75 Å². The van der Waals surface area contributed by atoms with Gasteiger partial charge in [0.2, 0.25) is 0 Å². The van der Waals surface area contributed by atoms with Crippen LogP contribution in [0, 0.1) is 6.92 Å². The molecule has 152 valence electrons. The van der Waals surface area contributed by atoms with Crippen molar-refractivity contribution in [1.29, 1.82) is 0 Å². The molecule has 3 rings (SSSR count). The van der Waals surface area contributed by atoms with Gasteiger partial charge in [-0.2, -0.15) is 0 Å². The van der Waals surface area contributed by atoms with Gasteiger partial charge in [0.05, 0.1) is 25.3 Å². The first-order chi connectivity index (χ1) is 13.9. The molecule has 1 saturated heterocycles. The topological polar surface area (TPSA) is 76.1 Å². The Labute approximate surface area is 174 Å². The fraction of sp³-hybridized carbons (Fsp3) is 0.273. The molecular weight excluding hydrogens is 394 g/mol. The lowest BCUT2D eigenvalue weighted by atomic mass is 9.94. The third-order valence-corrected chi connectivity index (χ3v) is 5.20. The maximum atomic E-state index is 12.9. The summed E-state index contributed by atoms with van der Waals surface area (Å²) in [6.07, 6.45) is 0. The number of halogens is 1. The van der Waals surface area contributed by atoms with Gasteiger partial charge in [0.15, 0.2) is 0 Å². The van der Waals surface area contributed by atoms with Crippen LogP contribution in [-0.4, -0.2) is 49.1 Å². The van der Waals surface area contributed by atoms with Crippen molar-refractivity contribution in [1.82, 2.24) is 4.90 Å². The molecule has 1 atom stereocenters. The number of ether oxygens (including phenoxy) is 2. The highest BCUT2D eigenvalue weighted by atomic mass is 35.5. The van der Waals surface area contributed by atoms with Crippen LogP contribution in [0.25, 0.3) is 5.76 Å². The summed E-state index contributed by atoms with van der Waals surface area (Å²) >= 11 is 6.00. The van der Waals surface area contributed by atoms with E-state index in [9.17, 15) is 14.7 Å². The molecule has 0 saturated carbocycles.